The van der Waals surface area contributed by atoms with E-state index in [-0.39, 0.29) is 25.5 Å². The first kappa shape index (κ1) is 19.1. The molecule has 0 saturated heterocycles. The van der Waals surface area contributed by atoms with Crippen LogP contribution in [0, 0.1) is 0 Å². The largest absolute Gasteiger partial charge is 0.482 e. The Balaban J connectivity index is 1.45. The second kappa shape index (κ2) is 8.81. The van der Waals surface area contributed by atoms with Crippen LogP contribution in [0.25, 0.3) is 0 Å². The average molecular weight is 382 g/mol. The van der Waals surface area contributed by atoms with Gasteiger partial charge in [0.25, 0.3) is 17.7 Å². The number of carbonyl (C=O) groups excluding carboxylic acids is 4. The Hall–Kier alpha value is -3.68. The molecular formula is C20H18N2O6. The van der Waals surface area contributed by atoms with Crippen LogP contribution in [-0.2, 0) is 19.1 Å². The number of anilines is 1. The van der Waals surface area contributed by atoms with Gasteiger partial charge in [0.05, 0.1) is 12.1 Å². The fourth-order valence-corrected chi connectivity index (χ4v) is 2.64. The molecule has 1 aliphatic heterocycles. The highest BCUT2D eigenvalue weighted by Crippen LogP contribution is 2.31. The van der Waals surface area contributed by atoms with Crippen molar-refractivity contribution in [3.63, 3.8) is 0 Å². The van der Waals surface area contributed by atoms with Crippen LogP contribution in [0.3, 0.4) is 0 Å². The normalized spacial score (nSPS) is 12.6. The van der Waals surface area contributed by atoms with Crippen molar-refractivity contribution in [3.8, 4) is 5.75 Å². The van der Waals surface area contributed by atoms with Gasteiger partial charge >= 0.3 is 5.97 Å². The van der Waals surface area contributed by atoms with Gasteiger partial charge in [-0.05, 0) is 24.3 Å². The van der Waals surface area contributed by atoms with E-state index < -0.39 is 24.4 Å². The van der Waals surface area contributed by atoms with E-state index in [1.54, 1.807) is 54.6 Å². The summed E-state index contributed by atoms with van der Waals surface area (Å²) >= 11 is 0. The van der Waals surface area contributed by atoms with Crippen molar-refractivity contribution in [3.05, 3.63) is 60.2 Å². The highest BCUT2D eigenvalue weighted by atomic mass is 16.5. The monoisotopic (exact) mass is 382 g/mol. The Morgan fingerprint density at radius 3 is 2.54 bits per heavy atom. The maximum atomic E-state index is 12.0. The van der Waals surface area contributed by atoms with E-state index in [9.17, 15) is 19.2 Å². The summed E-state index contributed by atoms with van der Waals surface area (Å²) < 4.78 is 10.2. The third-order valence-corrected chi connectivity index (χ3v) is 4.00. The van der Waals surface area contributed by atoms with Crippen LogP contribution in [0.2, 0.25) is 0 Å². The Labute approximate surface area is 161 Å². The minimum atomic E-state index is -0.727. The molecule has 0 aliphatic carbocycles. The minimum Gasteiger partial charge on any atom is -0.482 e. The molecule has 1 aliphatic rings. The zero-order chi connectivity index (χ0) is 19.9. The van der Waals surface area contributed by atoms with Gasteiger partial charge in [-0.2, -0.15) is 0 Å². The lowest BCUT2D eigenvalue weighted by Crippen LogP contribution is -2.40. The van der Waals surface area contributed by atoms with E-state index in [1.165, 1.54) is 4.90 Å². The number of rotatable bonds is 6. The SMILES string of the molecule is O=C(COC(=O)CCN1C(=O)COc2ccccc21)NC(=O)c1ccccc1. The van der Waals surface area contributed by atoms with Gasteiger partial charge in [-0.1, -0.05) is 30.3 Å². The van der Waals surface area contributed by atoms with Crippen LogP contribution in [0.15, 0.2) is 54.6 Å². The number of imide groups is 1. The number of amides is 3. The van der Waals surface area contributed by atoms with Crippen LogP contribution >= 0.6 is 0 Å². The van der Waals surface area contributed by atoms with Crippen LogP contribution in [0.1, 0.15) is 16.8 Å². The number of carbonyl (C=O) groups is 4. The first-order chi connectivity index (χ1) is 13.5. The van der Waals surface area contributed by atoms with E-state index in [0.717, 1.165) is 0 Å². The summed E-state index contributed by atoms with van der Waals surface area (Å²) in [5, 5.41) is 2.14. The van der Waals surface area contributed by atoms with Crippen LogP contribution in [0.5, 0.6) is 5.75 Å². The van der Waals surface area contributed by atoms with Gasteiger partial charge in [0.1, 0.15) is 5.75 Å². The second-order valence-electron chi connectivity index (χ2n) is 5.96. The maximum Gasteiger partial charge on any atom is 0.308 e. The summed E-state index contributed by atoms with van der Waals surface area (Å²) in [6.07, 6.45) is -0.0972. The van der Waals surface area contributed by atoms with Gasteiger partial charge < -0.3 is 14.4 Å². The molecule has 1 N–H and O–H groups in total. The minimum absolute atomic E-state index is 0.0972. The number of ether oxygens (including phenoxy) is 2. The summed E-state index contributed by atoms with van der Waals surface area (Å²) in [6, 6.07) is 15.2. The zero-order valence-electron chi connectivity index (χ0n) is 14.9. The molecule has 0 fully saturated rings. The number of hydrogen-bond acceptors (Lipinski definition) is 6. The predicted molar refractivity (Wildman–Crippen MR) is 98.8 cm³/mol. The Kier molecular flexibility index (Phi) is 6.01. The fourth-order valence-electron chi connectivity index (χ4n) is 2.64. The van der Waals surface area contributed by atoms with E-state index in [4.69, 9.17) is 9.47 Å². The Morgan fingerprint density at radius 1 is 1.04 bits per heavy atom. The number of nitrogens with one attached hydrogen (secondary N) is 1. The molecule has 0 saturated carbocycles. The van der Waals surface area contributed by atoms with Gasteiger partial charge in [-0.25, -0.2) is 0 Å². The van der Waals surface area contributed by atoms with E-state index in [1.807, 2.05) is 0 Å². The molecule has 0 spiro atoms. The molecule has 28 heavy (non-hydrogen) atoms. The summed E-state index contributed by atoms with van der Waals surface area (Å²) in [7, 11) is 0. The Bertz CT molecular complexity index is 897. The summed E-state index contributed by atoms with van der Waals surface area (Å²) in [5.41, 5.74) is 0.907. The number of nitrogens with zero attached hydrogens (tertiary/aromatic N) is 1. The number of benzene rings is 2. The fraction of sp³-hybridized carbons (Fsp3) is 0.200. The van der Waals surface area contributed by atoms with Crippen LogP contribution in [-0.4, -0.2) is 43.4 Å². The van der Waals surface area contributed by atoms with E-state index in [0.29, 0.717) is 17.0 Å². The molecule has 3 rings (SSSR count). The molecule has 2 aromatic carbocycles. The first-order valence-corrected chi connectivity index (χ1v) is 8.61. The molecule has 1 heterocycles. The molecule has 144 valence electrons. The molecule has 0 unspecified atom stereocenters. The van der Waals surface area contributed by atoms with Crippen molar-refractivity contribution in [2.75, 3.05) is 24.7 Å². The quantitative estimate of drug-likeness (QED) is 0.756. The van der Waals surface area contributed by atoms with Crippen molar-refractivity contribution in [1.82, 2.24) is 5.32 Å². The highest BCUT2D eigenvalue weighted by Gasteiger charge is 2.25. The standard InChI is InChI=1S/C20H18N2O6/c23-17(21-20(26)14-6-2-1-3-7-14)12-28-19(25)10-11-22-15-8-4-5-9-16(15)27-13-18(22)24/h1-9H,10-13H2,(H,21,23,26). The lowest BCUT2D eigenvalue weighted by Gasteiger charge is -2.28. The lowest BCUT2D eigenvalue weighted by molar-refractivity contribution is -0.148. The highest BCUT2D eigenvalue weighted by molar-refractivity contribution is 6.05. The number of fused-ring (bicyclic) bond motifs is 1. The van der Waals surface area contributed by atoms with Crippen molar-refractivity contribution in [2.45, 2.75) is 6.42 Å². The lowest BCUT2D eigenvalue weighted by atomic mass is 10.2. The smallest absolute Gasteiger partial charge is 0.308 e. The first-order valence-electron chi connectivity index (χ1n) is 8.61. The molecule has 8 nitrogen and oxygen atoms in total. The van der Waals surface area contributed by atoms with Gasteiger partial charge in [-0.3, -0.25) is 24.5 Å². The molecule has 2 aromatic rings. The van der Waals surface area contributed by atoms with Crippen molar-refractivity contribution < 1.29 is 28.7 Å². The molecule has 0 bridgehead atoms. The number of hydrogen-bond donors (Lipinski definition) is 1. The Morgan fingerprint density at radius 2 is 1.75 bits per heavy atom. The molecule has 0 aromatic heterocycles. The van der Waals surface area contributed by atoms with Gasteiger partial charge in [0.2, 0.25) is 0 Å². The third kappa shape index (κ3) is 4.73. The molecule has 3 amide bonds. The molecule has 0 radical (unpaired) electrons. The molecule has 0 atom stereocenters. The molecule has 8 heteroatoms. The zero-order valence-corrected chi connectivity index (χ0v) is 14.9. The van der Waals surface area contributed by atoms with Crippen LogP contribution in [0.4, 0.5) is 5.69 Å². The second-order valence-corrected chi connectivity index (χ2v) is 5.96. The van der Waals surface area contributed by atoms with Gasteiger partial charge in [0, 0.05) is 12.1 Å². The van der Waals surface area contributed by atoms with Gasteiger partial charge in [0.15, 0.2) is 13.2 Å². The average Bonchev–Trinajstić information content (AvgIpc) is 2.72. The van der Waals surface area contributed by atoms with E-state index >= 15 is 0 Å². The van der Waals surface area contributed by atoms with Crippen molar-refractivity contribution in [1.29, 1.82) is 0 Å². The van der Waals surface area contributed by atoms with Crippen molar-refractivity contribution in [2.24, 2.45) is 0 Å². The van der Waals surface area contributed by atoms with E-state index in [2.05, 4.69) is 5.32 Å². The van der Waals surface area contributed by atoms with Crippen molar-refractivity contribution >= 4 is 29.4 Å². The summed E-state index contributed by atoms with van der Waals surface area (Å²) in [5.74, 6) is -1.65. The topological polar surface area (TPSA) is 102 Å². The predicted octanol–water partition coefficient (Wildman–Crippen LogP) is 1.30. The number of esters is 1. The summed E-state index contributed by atoms with van der Waals surface area (Å²) in [4.78, 5) is 49.0. The number of para-hydroxylation sites is 2. The summed E-state index contributed by atoms with van der Waals surface area (Å²) in [6.45, 7) is -0.580. The van der Waals surface area contributed by atoms with Crippen LogP contribution < -0.4 is 15.0 Å². The third-order valence-electron chi connectivity index (χ3n) is 4.00. The maximum absolute atomic E-state index is 12.0. The van der Waals surface area contributed by atoms with Gasteiger partial charge in [-0.15, -0.1) is 0 Å². The molecular weight excluding hydrogens is 364 g/mol.